The van der Waals surface area contributed by atoms with E-state index in [9.17, 15) is 9.59 Å². The molecule has 5 nitrogen and oxygen atoms in total. The Kier molecular flexibility index (Phi) is 5.24. The summed E-state index contributed by atoms with van der Waals surface area (Å²) in [6, 6.07) is 1.89. The molecule has 4 aliphatic carbocycles. The molecule has 2 atom stereocenters. The number of alkyl halides is 1. The molecule has 0 spiro atoms. The predicted octanol–water partition coefficient (Wildman–Crippen LogP) is 4.21. The van der Waals surface area contributed by atoms with Crippen molar-refractivity contribution in [2.75, 3.05) is 20.3 Å². The highest BCUT2D eigenvalue weighted by molar-refractivity contribution is 9.10. The number of hydrogen-bond donors (Lipinski definition) is 0. The second-order valence-electron chi connectivity index (χ2n) is 9.32. The number of carbonyl (C=O) groups is 2. The molecular formula is C22H30BrNO4. The molecule has 1 heterocycles. The molecule has 0 saturated heterocycles. The first-order valence-electron chi connectivity index (χ1n) is 10.3. The number of ketones is 1. The summed E-state index contributed by atoms with van der Waals surface area (Å²) in [6.45, 7) is 5.06. The van der Waals surface area contributed by atoms with Gasteiger partial charge in [-0.05, 0) is 70.3 Å². The molecule has 4 aliphatic rings. The van der Waals surface area contributed by atoms with Crippen LogP contribution < -0.4 is 0 Å². The SMILES string of the molecule is COCCn1c(C)cc(C(=O)COC(=O)C23C[C@H]4C[C@@H](CC(Br)(C4)C2)C3)c1C. The molecule has 6 heteroatoms. The number of hydrogen-bond acceptors (Lipinski definition) is 4. The maximum atomic E-state index is 13.1. The third kappa shape index (κ3) is 3.47. The van der Waals surface area contributed by atoms with E-state index in [2.05, 4.69) is 20.5 Å². The first kappa shape index (κ1) is 20.1. The lowest BCUT2D eigenvalue weighted by atomic mass is 9.49. The molecule has 154 valence electrons. The van der Waals surface area contributed by atoms with E-state index in [1.807, 2.05) is 19.9 Å². The Labute approximate surface area is 175 Å². The summed E-state index contributed by atoms with van der Waals surface area (Å²) in [5.74, 6) is 0.947. The second kappa shape index (κ2) is 7.28. The van der Waals surface area contributed by atoms with Crippen LogP contribution in [0.25, 0.3) is 0 Å². The van der Waals surface area contributed by atoms with Crippen molar-refractivity contribution in [3.8, 4) is 0 Å². The van der Waals surface area contributed by atoms with Gasteiger partial charge in [-0.2, -0.15) is 0 Å². The van der Waals surface area contributed by atoms with E-state index in [0.29, 0.717) is 30.6 Å². The van der Waals surface area contributed by atoms with E-state index in [4.69, 9.17) is 9.47 Å². The fourth-order valence-electron chi connectivity index (χ4n) is 6.36. The Hall–Kier alpha value is -1.14. The standard InChI is InChI=1S/C22H30BrNO4/c1-14-6-18(15(2)24(14)4-5-27-3)19(25)12-28-20(26)21-8-16-7-17(9-21)11-22(23,10-16)13-21/h6,16-17H,4-5,7-13H2,1-3H3/t16-,17-,21?,22?/m1/s1. The lowest BCUT2D eigenvalue weighted by molar-refractivity contribution is -0.168. The van der Waals surface area contributed by atoms with Crippen molar-refractivity contribution in [2.24, 2.45) is 17.3 Å². The molecule has 1 aromatic heterocycles. The number of halogens is 1. The number of rotatable bonds is 7. The lowest BCUT2D eigenvalue weighted by Crippen LogP contribution is -2.56. The van der Waals surface area contributed by atoms with Gasteiger partial charge < -0.3 is 14.0 Å². The van der Waals surface area contributed by atoms with Crippen LogP contribution in [0, 0.1) is 31.1 Å². The van der Waals surface area contributed by atoms with E-state index < -0.39 is 0 Å². The first-order chi connectivity index (χ1) is 13.3. The maximum absolute atomic E-state index is 13.1. The highest BCUT2D eigenvalue weighted by atomic mass is 79.9. The smallest absolute Gasteiger partial charge is 0.312 e. The zero-order valence-corrected chi connectivity index (χ0v) is 18.6. The largest absolute Gasteiger partial charge is 0.457 e. The van der Waals surface area contributed by atoms with Gasteiger partial charge in [0, 0.05) is 34.9 Å². The van der Waals surface area contributed by atoms with E-state index in [0.717, 1.165) is 30.7 Å². The van der Waals surface area contributed by atoms with Crippen LogP contribution in [-0.4, -0.2) is 41.0 Å². The minimum absolute atomic E-state index is 0.104. The molecule has 28 heavy (non-hydrogen) atoms. The molecule has 5 rings (SSSR count). The highest BCUT2D eigenvalue weighted by Crippen LogP contribution is 2.64. The molecule has 0 radical (unpaired) electrons. The third-order valence-corrected chi connectivity index (χ3v) is 8.08. The molecule has 4 saturated carbocycles. The summed E-state index contributed by atoms with van der Waals surface area (Å²) in [5.41, 5.74) is 2.18. The van der Waals surface area contributed by atoms with Crippen molar-refractivity contribution in [3.63, 3.8) is 0 Å². The number of methoxy groups -OCH3 is 1. The van der Waals surface area contributed by atoms with Crippen LogP contribution in [-0.2, 0) is 20.8 Å². The van der Waals surface area contributed by atoms with Crippen molar-refractivity contribution >= 4 is 27.7 Å². The van der Waals surface area contributed by atoms with Gasteiger partial charge >= 0.3 is 5.97 Å². The zero-order chi connectivity index (χ0) is 20.1. The average Bonchev–Trinajstić information content (AvgIpc) is 2.89. The van der Waals surface area contributed by atoms with Crippen molar-refractivity contribution in [1.29, 1.82) is 0 Å². The normalized spacial score (nSPS) is 33.3. The Morgan fingerprint density at radius 2 is 1.89 bits per heavy atom. The van der Waals surface area contributed by atoms with Crippen LogP contribution in [0.1, 0.15) is 60.3 Å². The van der Waals surface area contributed by atoms with Crippen LogP contribution in [0.15, 0.2) is 6.07 Å². The van der Waals surface area contributed by atoms with Gasteiger partial charge in [-0.3, -0.25) is 9.59 Å². The van der Waals surface area contributed by atoms with Gasteiger partial charge in [0.1, 0.15) is 0 Å². The number of esters is 1. The van der Waals surface area contributed by atoms with Gasteiger partial charge in [-0.1, -0.05) is 15.9 Å². The van der Waals surface area contributed by atoms with Crippen LogP contribution >= 0.6 is 15.9 Å². The van der Waals surface area contributed by atoms with Crippen molar-refractivity contribution in [2.45, 2.75) is 63.2 Å². The second-order valence-corrected chi connectivity index (χ2v) is 11.0. The minimum atomic E-state index is -0.386. The predicted molar refractivity (Wildman–Crippen MR) is 110 cm³/mol. The van der Waals surface area contributed by atoms with Crippen molar-refractivity contribution in [1.82, 2.24) is 4.57 Å². The van der Waals surface area contributed by atoms with Crippen LogP contribution in [0.5, 0.6) is 0 Å². The fourth-order valence-corrected chi connectivity index (χ4v) is 7.81. The molecular weight excluding hydrogens is 422 g/mol. The van der Waals surface area contributed by atoms with Crippen molar-refractivity contribution in [3.05, 3.63) is 23.0 Å². The van der Waals surface area contributed by atoms with Gasteiger partial charge in [0.05, 0.1) is 12.0 Å². The van der Waals surface area contributed by atoms with E-state index in [1.165, 1.54) is 19.3 Å². The molecule has 1 aromatic rings. The number of ether oxygens (including phenoxy) is 2. The Balaban J connectivity index is 1.42. The number of Topliss-reactive ketones (excluding diaryl/α,β-unsaturated/α-hetero) is 1. The van der Waals surface area contributed by atoms with Gasteiger partial charge in [-0.15, -0.1) is 0 Å². The molecule has 0 aromatic carbocycles. The quantitative estimate of drug-likeness (QED) is 0.353. The van der Waals surface area contributed by atoms with E-state index in [-0.39, 0.29) is 28.1 Å². The monoisotopic (exact) mass is 451 g/mol. The Bertz CT molecular complexity index is 785. The minimum Gasteiger partial charge on any atom is -0.457 e. The summed E-state index contributed by atoms with van der Waals surface area (Å²) in [6.07, 6.45) is 6.29. The summed E-state index contributed by atoms with van der Waals surface area (Å²) in [5, 5.41) is 0. The van der Waals surface area contributed by atoms with E-state index in [1.54, 1.807) is 7.11 Å². The molecule has 4 bridgehead atoms. The van der Waals surface area contributed by atoms with Crippen LogP contribution in [0.2, 0.25) is 0 Å². The number of aryl methyl sites for hydroxylation is 1. The molecule has 4 fully saturated rings. The van der Waals surface area contributed by atoms with E-state index >= 15 is 0 Å². The average molecular weight is 452 g/mol. The first-order valence-corrected chi connectivity index (χ1v) is 11.1. The fraction of sp³-hybridized carbons (Fsp3) is 0.727. The maximum Gasteiger partial charge on any atom is 0.312 e. The summed E-state index contributed by atoms with van der Waals surface area (Å²) < 4.78 is 13.0. The lowest BCUT2D eigenvalue weighted by Gasteiger charge is -2.58. The Morgan fingerprint density at radius 1 is 1.21 bits per heavy atom. The van der Waals surface area contributed by atoms with Crippen molar-refractivity contribution < 1.29 is 19.1 Å². The topological polar surface area (TPSA) is 57.5 Å². The van der Waals surface area contributed by atoms with Crippen LogP contribution in [0.3, 0.4) is 0 Å². The number of carbonyl (C=O) groups excluding carboxylic acids is 2. The number of aromatic nitrogens is 1. The molecule has 0 unspecified atom stereocenters. The van der Waals surface area contributed by atoms with Gasteiger partial charge in [0.15, 0.2) is 6.61 Å². The summed E-state index contributed by atoms with van der Waals surface area (Å²) >= 11 is 3.93. The highest BCUT2D eigenvalue weighted by Gasteiger charge is 2.60. The molecule has 0 aliphatic heterocycles. The number of nitrogens with zero attached hydrogens (tertiary/aromatic N) is 1. The Morgan fingerprint density at radius 3 is 2.50 bits per heavy atom. The third-order valence-electron chi connectivity index (χ3n) is 7.15. The van der Waals surface area contributed by atoms with Gasteiger partial charge in [0.2, 0.25) is 5.78 Å². The molecule has 0 N–H and O–H groups in total. The van der Waals surface area contributed by atoms with Gasteiger partial charge in [-0.25, -0.2) is 0 Å². The zero-order valence-electron chi connectivity index (χ0n) is 17.1. The molecule has 0 amide bonds. The summed E-state index contributed by atoms with van der Waals surface area (Å²) in [4.78, 5) is 25.8. The van der Waals surface area contributed by atoms with Crippen LogP contribution in [0.4, 0.5) is 0 Å². The van der Waals surface area contributed by atoms with Gasteiger partial charge in [0.25, 0.3) is 0 Å². The summed E-state index contributed by atoms with van der Waals surface area (Å²) in [7, 11) is 1.67.